The molecule has 2 rings (SSSR count). The van der Waals surface area contributed by atoms with Crippen LogP contribution in [0.1, 0.15) is 20.8 Å². The van der Waals surface area contributed by atoms with Crippen LogP contribution in [0.3, 0.4) is 0 Å². The fourth-order valence-electron chi connectivity index (χ4n) is 1.80. The third-order valence-electron chi connectivity index (χ3n) is 3.30. The van der Waals surface area contributed by atoms with Gasteiger partial charge in [-0.3, -0.25) is 0 Å². The number of hydrogen-bond acceptors (Lipinski definition) is 3. The molecule has 0 aliphatic carbocycles. The van der Waals surface area contributed by atoms with Crippen molar-refractivity contribution >= 4 is 21.8 Å². The van der Waals surface area contributed by atoms with Gasteiger partial charge in [0.15, 0.2) is 6.61 Å². The minimum absolute atomic E-state index is 0.0146. The molecule has 0 bridgehead atoms. The van der Waals surface area contributed by atoms with E-state index in [0.29, 0.717) is 5.75 Å². The van der Waals surface area contributed by atoms with E-state index in [1.54, 1.807) is 24.3 Å². The summed E-state index contributed by atoms with van der Waals surface area (Å²) in [5, 5.41) is 0. The lowest BCUT2D eigenvalue weighted by atomic mass is 9.79. The van der Waals surface area contributed by atoms with Crippen molar-refractivity contribution in [2.24, 2.45) is 0 Å². The number of halogens is 2. The zero-order valence-electron chi connectivity index (χ0n) is 11.7. The third-order valence-corrected chi connectivity index (χ3v) is 3.47. The molecule has 0 saturated carbocycles. The largest absolute Gasteiger partial charge is 0.494 e. The minimum Gasteiger partial charge on any atom is -0.487 e. The Labute approximate surface area is 120 Å². The quantitative estimate of drug-likeness (QED) is 0.631. The molecule has 1 fully saturated rings. The number of benzene rings is 1. The van der Waals surface area contributed by atoms with E-state index >= 15 is 0 Å². The Morgan fingerprint density at radius 3 is 2.40 bits per heavy atom. The van der Waals surface area contributed by atoms with Gasteiger partial charge in [0.1, 0.15) is 5.75 Å². The van der Waals surface area contributed by atoms with E-state index in [4.69, 9.17) is 14.0 Å². The van der Waals surface area contributed by atoms with Crippen LogP contribution in [0, 0.1) is 0 Å². The average Bonchev–Trinajstić information content (AvgIpc) is 2.61. The molecule has 0 aromatic heterocycles. The highest BCUT2D eigenvalue weighted by Gasteiger charge is 2.43. The molecule has 0 radical (unpaired) electrons. The summed E-state index contributed by atoms with van der Waals surface area (Å²) >= 11 is 0. The number of ether oxygens (including phenoxy) is 1. The van der Waals surface area contributed by atoms with E-state index < -0.39 is 19.4 Å². The second kappa shape index (κ2) is 5.59. The van der Waals surface area contributed by atoms with Gasteiger partial charge < -0.3 is 14.0 Å². The van der Waals surface area contributed by atoms with Crippen LogP contribution in [0.25, 0.3) is 0 Å². The summed E-state index contributed by atoms with van der Waals surface area (Å²) in [7, 11) is 1.01. The standard InChI is InChI=1S/C13H18BF2O3P/c1-9-12(2,3)19-14(18-9)10-4-6-11(7-5-10)17-8-13(15,16)20/h4-7,9H,8,20H2,1-3H3. The Morgan fingerprint density at radius 2 is 1.95 bits per heavy atom. The third kappa shape index (κ3) is 3.90. The first-order valence-electron chi connectivity index (χ1n) is 6.40. The van der Waals surface area contributed by atoms with Gasteiger partial charge in [-0.25, -0.2) is 0 Å². The second-order valence-electron chi connectivity index (χ2n) is 5.45. The van der Waals surface area contributed by atoms with Crippen molar-refractivity contribution in [3.63, 3.8) is 0 Å². The van der Waals surface area contributed by atoms with E-state index in [1.165, 1.54) is 9.24 Å². The Hall–Kier alpha value is -0.705. The SMILES string of the molecule is CC1OB(c2ccc(OCC(F)(F)P)cc2)OC1(C)C. The normalized spacial score (nSPS) is 22.1. The molecule has 2 atom stereocenters. The molecule has 1 aromatic rings. The van der Waals surface area contributed by atoms with Crippen LogP contribution in [-0.2, 0) is 9.31 Å². The van der Waals surface area contributed by atoms with E-state index in [1.807, 2.05) is 20.8 Å². The van der Waals surface area contributed by atoms with Crippen LogP contribution in [0.5, 0.6) is 5.75 Å². The van der Waals surface area contributed by atoms with Crippen LogP contribution in [0.4, 0.5) is 8.78 Å². The van der Waals surface area contributed by atoms with Crippen LogP contribution in [0.15, 0.2) is 24.3 Å². The van der Waals surface area contributed by atoms with Crippen LogP contribution in [0.2, 0.25) is 0 Å². The smallest absolute Gasteiger partial charge is 0.487 e. The molecule has 0 spiro atoms. The summed E-state index contributed by atoms with van der Waals surface area (Å²) in [4.78, 5) is 0. The number of rotatable bonds is 4. The van der Waals surface area contributed by atoms with Crippen molar-refractivity contribution < 1.29 is 22.8 Å². The van der Waals surface area contributed by atoms with E-state index in [2.05, 4.69) is 0 Å². The lowest BCUT2D eigenvalue weighted by molar-refractivity contribution is 0.0462. The topological polar surface area (TPSA) is 27.7 Å². The van der Waals surface area contributed by atoms with E-state index in [-0.39, 0.29) is 11.7 Å². The first-order chi connectivity index (χ1) is 9.17. The van der Waals surface area contributed by atoms with Gasteiger partial charge in [-0.15, -0.1) is 0 Å². The molecule has 20 heavy (non-hydrogen) atoms. The van der Waals surface area contributed by atoms with Gasteiger partial charge in [0.25, 0.3) is 5.66 Å². The molecule has 1 aliphatic heterocycles. The maximum Gasteiger partial charge on any atom is 0.494 e. The lowest BCUT2D eigenvalue weighted by Gasteiger charge is -2.21. The zero-order valence-corrected chi connectivity index (χ0v) is 12.9. The van der Waals surface area contributed by atoms with Gasteiger partial charge in [0.2, 0.25) is 0 Å². The van der Waals surface area contributed by atoms with Gasteiger partial charge in [0, 0.05) is 0 Å². The van der Waals surface area contributed by atoms with Gasteiger partial charge in [-0.05, 0) is 38.4 Å². The Morgan fingerprint density at radius 1 is 1.35 bits per heavy atom. The summed E-state index contributed by atoms with van der Waals surface area (Å²) < 4.78 is 41.9. The highest BCUT2D eigenvalue weighted by atomic mass is 31.0. The lowest BCUT2D eigenvalue weighted by Crippen LogP contribution is -2.34. The molecule has 1 aromatic carbocycles. The maximum atomic E-state index is 12.7. The fraction of sp³-hybridized carbons (Fsp3) is 0.538. The predicted molar refractivity (Wildman–Crippen MR) is 77.7 cm³/mol. The van der Waals surface area contributed by atoms with Crippen molar-refractivity contribution in [2.75, 3.05) is 6.61 Å². The van der Waals surface area contributed by atoms with E-state index in [0.717, 1.165) is 5.46 Å². The fourth-order valence-corrected chi connectivity index (χ4v) is 1.88. The van der Waals surface area contributed by atoms with Gasteiger partial charge >= 0.3 is 7.12 Å². The summed E-state index contributed by atoms with van der Waals surface area (Å²) in [6.45, 7) is 5.22. The van der Waals surface area contributed by atoms with Crippen molar-refractivity contribution in [1.29, 1.82) is 0 Å². The summed E-state index contributed by atoms with van der Waals surface area (Å²) in [6.07, 6.45) is -0.0146. The van der Waals surface area contributed by atoms with Crippen LogP contribution in [-0.4, -0.2) is 31.1 Å². The van der Waals surface area contributed by atoms with Crippen molar-refractivity contribution in [3.8, 4) is 5.75 Å². The first kappa shape index (κ1) is 15.7. The monoisotopic (exact) mass is 302 g/mol. The van der Waals surface area contributed by atoms with Gasteiger partial charge in [-0.1, -0.05) is 21.4 Å². The molecule has 0 amide bonds. The molecular weight excluding hydrogens is 284 g/mol. The number of hydrogen-bond donors (Lipinski definition) is 0. The second-order valence-corrected chi connectivity index (χ2v) is 6.29. The number of alkyl halides is 2. The van der Waals surface area contributed by atoms with Crippen molar-refractivity contribution in [3.05, 3.63) is 24.3 Å². The van der Waals surface area contributed by atoms with Crippen molar-refractivity contribution in [1.82, 2.24) is 0 Å². The predicted octanol–water partition coefficient (Wildman–Crippen LogP) is 2.44. The summed E-state index contributed by atoms with van der Waals surface area (Å²) in [6, 6.07) is 6.78. The molecular formula is C13H18BF2O3P. The van der Waals surface area contributed by atoms with Crippen LogP contribution < -0.4 is 10.2 Å². The maximum absolute atomic E-state index is 12.7. The summed E-state index contributed by atoms with van der Waals surface area (Å²) in [5.74, 6) is 0.390. The molecule has 7 heteroatoms. The van der Waals surface area contributed by atoms with Gasteiger partial charge in [0.05, 0.1) is 11.7 Å². The molecule has 1 saturated heterocycles. The zero-order chi connectivity index (χ0) is 15.0. The molecule has 0 N–H and O–H groups in total. The molecule has 1 aliphatic rings. The Kier molecular flexibility index (Phi) is 4.38. The van der Waals surface area contributed by atoms with Gasteiger partial charge in [-0.2, -0.15) is 8.78 Å². The minimum atomic E-state index is -2.92. The molecule has 1 heterocycles. The summed E-state index contributed by atoms with van der Waals surface area (Å²) in [5.41, 5.74) is -2.43. The van der Waals surface area contributed by atoms with Crippen LogP contribution >= 0.6 is 9.24 Å². The van der Waals surface area contributed by atoms with Crippen molar-refractivity contribution in [2.45, 2.75) is 38.1 Å². The van der Waals surface area contributed by atoms with E-state index in [9.17, 15) is 8.78 Å². The average molecular weight is 302 g/mol. The first-order valence-corrected chi connectivity index (χ1v) is 6.98. The molecule has 3 nitrogen and oxygen atoms in total. The highest BCUT2D eigenvalue weighted by Crippen LogP contribution is 2.27. The molecule has 110 valence electrons. The Balaban J connectivity index is 1.99. The highest BCUT2D eigenvalue weighted by molar-refractivity contribution is 7.18. The Bertz CT molecular complexity index is 462. The molecule has 2 unspecified atom stereocenters.